The number of carbonyl (C=O) groups excluding carboxylic acids is 1. The van der Waals surface area contributed by atoms with Gasteiger partial charge in [-0.3, -0.25) is 4.79 Å². The number of nitrogens with two attached hydrogens (primary N) is 1. The molecule has 3 aromatic rings. The number of nitrogen functional groups attached to an aromatic ring is 1. The minimum Gasteiger partial charge on any atom is -0.335 e. The predicted molar refractivity (Wildman–Crippen MR) is 96.0 cm³/mol. The monoisotopic (exact) mass is 339 g/mol. The van der Waals surface area contributed by atoms with Crippen LogP contribution in [0.15, 0.2) is 65.8 Å². The van der Waals surface area contributed by atoms with Crippen LogP contribution >= 0.6 is 11.8 Å². The molecule has 0 spiro atoms. The smallest absolute Gasteiger partial charge is 0.225 e. The first kappa shape index (κ1) is 16.1. The van der Waals surface area contributed by atoms with Crippen LogP contribution < -0.4 is 11.2 Å². The maximum Gasteiger partial charge on any atom is 0.225 e. The van der Waals surface area contributed by atoms with Crippen molar-refractivity contribution in [1.29, 1.82) is 0 Å². The molecular formula is C17H17N5OS. The number of hydrogen-bond donors (Lipinski definition) is 2. The minimum absolute atomic E-state index is 0.0416. The molecular weight excluding hydrogens is 322 g/mol. The quantitative estimate of drug-likeness (QED) is 0.533. The van der Waals surface area contributed by atoms with Gasteiger partial charge in [-0.2, -0.15) is 0 Å². The zero-order chi connectivity index (χ0) is 16.8. The maximum absolute atomic E-state index is 11.9. The molecule has 0 saturated carbocycles. The highest BCUT2D eigenvalue weighted by molar-refractivity contribution is 7.99. The summed E-state index contributed by atoms with van der Waals surface area (Å²) in [5.74, 6) is 7.18. The van der Waals surface area contributed by atoms with E-state index < -0.39 is 0 Å². The topological polar surface area (TPSA) is 85.8 Å². The normalized spacial score (nSPS) is 10.5. The molecule has 0 unspecified atom stereocenters. The molecule has 3 rings (SSSR count). The highest BCUT2D eigenvalue weighted by atomic mass is 32.2. The van der Waals surface area contributed by atoms with E-state index in [-0.39, 0.29) is 5.91 Å². The van der Waals surface area contributed by atoms with E-state index in [1.807, 2.05) is 60.7 Å². The number of aromatic nitrogens is 3. The first-order valence-corrected chi connectivity index (χ1v) is 8.46. The van der Waals surface area contributed by atoms with Crippen molar-refractivity contribution in [2.75, 3.05) is 16.9 Å². The van der Waals surface area contributed by atoms with Crippen molar-refractivity contribution in [3.05, 3.63) is 60.7 Å². The third-order valence-electron chi connectivity index (χ3n) is 3.31. The second kappa shape index (κ2) is 7.65. The molecule has 7 heteroatoms. The fraction of sp³-hybridized carbons (Fsp3) is 0.118. The third kappa shape index (κ3) is 3.94. The van der Waals surface area contributed by atoms with Gasteiger partial charge in [-0.1, -0.05) is 60.3 Å². The number of thioether (sulfide) groups is 1. The van der Waals surface area contributed by atoms with Crippen LogP contribution in [0.25, 0.3) is 11.4 Å². The molecule has 0 radical (unpaired) electrons. The fourth-order valence-corrected chi connectivity index (χ4v) is 2.93. The zero-order valence-corrected chi connectivity index (χ0v) is 13.7. The van der Waals surface area contributed by atoms with E-state index in [1.165, 1.54) is 16.4 Å². The summed E-state index contributed by atoms with van der Waals surface area (Å²) in [5, 5.41) is 11.6. The molecule has 0 aliphatic carbocycles. The lowest BCUT2D eigenvalue weighted by atomic mass is 10.2. The number of rotatable bonds is 6. The van der Waals surface area contributed by atoms with Gasteiger partial charge in [0.2, 0.25) is 11.1 Å². The summed E-state index contributed by atoms with van der Waals surface area (Å²) in [6.07, 6.45) is 0.368. The van der Waals surface area contributed by atoms with Crippen LogP contribution in [0.4, 0.5) is 5.69 Å². The Morgan fingerprint density at radius 2 is 1.71 bits per heavy atom. The Morgan fingerprint density at radius 3 is 2.42 bits per heavy atom. The maximum atomic E-state index is 11.9. The van der Waals surface area contributed by atoms with E-state index in [0.717, 1.165) is 11.3 Å². The highest BCUT2D eigenvalue weighted by Crippen LogP contribution is 2.21. The van der Waals surface area contributed by atoms with Gasteiger partial charge in [0.15, 0.2) is 5.82 Å². The molecule has 2 aromatic carbocycles. The van der Waals surface area contributed by atoms with Crippen LogP contribution in [0.3, 0.4) is 0 Å². The Balaban J connectivity index is 1.54. The van der Waals surface area contributed by atoms with Crippen molar-refractivity contribution in [2.45, 2.75) is 11.6 Å². The van der Waals surface area contributed by atoms with Crippen LogP contribution in [-0.2, 0) is 4.79 Å². The number of hydrogen-bond acceptors (Lipinski definition) is 5. The second-order valence-corrected chi connectivity index (χ2v) is 6.12. The molecule has 24 heavy (non-hydrogen) atoms. The molecule has 0 saturated heterocycles. The number of nitrogens with zero attached hydrogens (tertiary/aromatic N) is 3. The first-order chi connectivity index (χ1) is 11.7. The summed E-state index contributed by atoms with van der Waals surface area (Å²) in [4.78, 5) is 11.9. The molecule has 1 heterocycles. The van der Waals surface area contributed by atoms with E-state index in [9.17, 15) is 4.79 Å². The summed E-state index contributed by atoms with van der Waals surface area (Å²) in [7, 11) is 0. The lowest BCUT2D eigenvalue weighted by molar-refractivity contribution is -0.115. The summed E-state index contributed by atoms with van der Waals surface area (Å²) in [5.41, 5.74) is 1.70. The molecule has 0 bridgehead atoms. The van der Waals surface area contributed by atoms with Crippen molar-refractivity contribution < 1.29 is 4.79 Å². The van der Waals surface area contributed by atoms with Crippen molar-refractivity contribution in [3.63, 3.8) is 0 Å². The van der Waals surface area contributed by atoms with Gasteiger partial charge in [-0.25, -0.2) is 4.68 Å². The summed E-state index contributed by atoms with van der Waals surface area (Å²) in [6.45, 7) is 0. The molecule has 122 valence electrons. The highest BCUT2D eigenvalue weighted by Gasteiger charge is 2.12. The van der Waals surface area contributed by atoms with Gasteiger partial charge in [-0.15, -0.1) is 10.2 Å². The summed E-state index contributed by atoms with van der Waals surface area (Å²) >= 11 is 1.40. The van der Waals surface area contributed by atoms with Gasteiger partial charge in [0.1, 0.15) is 0 Å². The standard InChI is InChI=1S/C17H17N5OS/c18-22-16(13-7-3-1-4-8-13)20-21-17(22)24-12-11-15(23)19-14-9-5-2-6-10-14/h1-10H,11-12,18H2,(H,19,23). The number of amides is 1. The Bertz CT molecular complexity index is 804. The number of nitrogens with one attached hydrogen (secondary N) is 1. The van der Waals surface area contributed by atoms with Crippen LogP contribution in [0.5, 0.6) is 0 Å². The van der Waals surface area contributed by atoms with E-state index in [0.29, 0.717) is 23.2 Å². The summed E-state index contributed by atoms with van der Waals surface area (Å²) < 4.78 is 1.45. The lowest BCUT2D eigenvalue weighted by Gasteiger charge is -2.05. The fourth-order valence-electron chi connectivity index (χ4n) is 2.14. The van der Waals surface area contributed by atoms with Gasteiger partial charge in [-0.05, 0) is 12.1 Å². The van der Waals surface area contributed by atoms with Crippen molar-refractivity contribution >= 4 is 23.4 Å². The van der Waals surface area contributed by atoms with E-state index in [2.05, 4.69) is 15.5 Å². The van der Waals surface area contributed by atoms with E-state index in [4.69, 9.17) is 5.84 Å². The van der Waals surface area contributed by atoms with Crippen LogP contribution in [0.1, 0.15) is 6.42 Å². The van der Waals surface area contributed by atoms with Gasteiger partial charge in [0, 0.05) is 23.4 Å². The SMILES string of the molecule is Nn1c(SCCC(=O)Nc2ccccc2)nnc1-c1ccccc1. The molecule has 6 nitrogen and oxygen atoms in total. The molecule has 0 atom stereocenters. The van der Waals surface area contributed by atoms with Gasteiger partial charge >= 0.3 is 0 Å². The average molecular weight is 339 g/mol. The number of anilines is 1. The van der Waals surface area contributed by atoms with Gasteiger partial charge in [0.25, 0.3) is 0 Å². The average Bonchev–Trinajstić information content (AvgIpc) is 2.97. The molecule has 1 aromatic heterocycles. The van der Waals surface area contributed by atoms with Gasteiger partial charge in [0.05, 0.1) is 0 Å². The number of benzene rings is 2. The molecule has 3 N–H and O–H groups in total. The van der Waals surface area contributed by atoms with Crippen molar-refractivity contribution in [1.82, 2.24) is 14.9 Å². The number of carbonyl (C=O) groups is 1. The molecule has 0 aliphatic rings. The van der Waals surface area contributed by atoms with E-state index >= 15 is 0 Å². The largest absolute Gasteiger partial charge is 0.335 e. The Labute approximate surface area is 144 Å². The Morgan fingerprint density at radius 1 is 1.04 bits per heavy atom. The zero-order valence-electron chi connectivity index (χ0n) is 12.9. The molecule has 0 fully saturated rings. The Kier molecular flexibility index (Phi) is 5.12. The predicted octanol–water partition coefficient (Wildman–Crippen LogP) is 2.78. The minimum atomic E-state index is -0.0416. The summed E-state index contributed by atoms with van der Waals surface area (Å²) in [6, 6.07) is 19.0. The van der Waals surface area contributed by atoms with Crippen LogP contribution in [0.2, 0.25) is 0 Å². The van der Waals surface area contributed by atoms with Crippen molar-refractivity contribution in [2.24, 2.45) is 0 Å². The van der Waals surface area contributed by atoms with E-state index in [1.54, 1.807) is 0 Å². The first-order valence-electron chi connectivity index (χ1n) is 7.47. The lowest BCUT2D eigenvalue weighted by Crippen LogP contribution is -2.14. The second-order valence-electron chi connectivity index (χ2n) is 5.05. The molecule has 0 aliphatic heterocycles. The van der Waals surface area contributed by atoms with Crippen LogP contribution in [-0.4, -0.2) is 26.5 Å². The third-order valence-corrected chi connectivity index (χ3v) is 4.26. The Hall–Kier alpha value is -2.80. The van der Waals surface area contributed by atoms with Gasteiger partial charge < -0.3 is 11.2 Å². The molecule has 1 amide bonds. The number of para-hydroxylation sites is 1. The van der Waals surface area contributed by atoms with Crippen molar-refractivity contribution in [3.8, 4) is 11.4 Å². The van der Waals surface area contributed by atoms with Crippen LogP contribution in [0, 0.1) is 0 Å².